The quantitative estimate of drug-likeness (QED) is 0.704. The van der Waals surface area contributed by atoms with Crippen LogP contribution in [-0.4, -0.2) is 42.5 Å². The Morgan fingerprint density at radius 1 is 0.950 bits per heavy atom. The summed E-state index contributed by atoms with van der Waals surface area (Å²) in [6, 6.07) is 6.31. The first-order valence-corrected chi connectivity index (χ1v) is 7.90. The second kappa shape index (κ2) is 8.98. The maximum Gasteiger partial charge on any atom is 0.0359 e. The van der Waals surface area contributed by atoms with Crippen LogP contribution in [0.1, 0.15) is 38.3 Å². The molecule has 2 N–H and O–H groups in total. The van der Waals surface area contributed by atoms with Crippen LogP contribution in [0.3, 0.4) is 0 Å². The molecule has 1 aromatic rings. The van der Waals surface area contributed by atoms with Crippen molar-refractivity contribution in [2.24, 2.45) is 0 Å². The first-order valence-electron chi connectivity index (χ1n) is 7.90. The second-order valence-electron chi connectivity index (χ2n) is 5.45. The third-order valence-electron chi connectivity index (χ3n) is 3.98. The Morgan fingerprint density at radius 2 is 1.55 bits per heavy atom. The van der Waals surface area contributed by atoms with Gasteiger partial charge in [-0.15, -0.1) is 0 Å². The van der Waals surface area contributed by atoms with E-state index in [1.165, 1.54) is 24.1 Å². The van der Waals surface area contributed by atoms with Gasteiger partial charge in [-0.25, -0.2) is 0 Å². The number of rotatable bonds is 9. The average molecular weight is 277 g/mol. The number of nitrogens with zero attached hydrogens (tertiary/aromatic N) is 2. The number of nitrogen functional groups attached to an aromatic ring is 1. The zero-order valence-electron chi connectivity index (χ0n) is 13.7. The van der Waals surface area contributed by atoms with Crippen molar-refractivity contribution in [3.63, 3.8) is 0 Å². The molecule has 3 nitrogen and oxygen atoms in total. The molecule has 1 rings (SSSR count). The van der Waals surface area contributed by atoms with Crippen molar-refractivity contribution in [2.75, 3.05) is 38.5 Å². The summed E-state index contributed by atoms with van der Waals surface area (Å²) in [5, 5.41) is 0. The van der Waals surface area contributed by atoms with Crippen LogP contribution < -0.4 is 5.73 Å². The van der Waals surface area contributed by atoms with Gasteiger partial charge in [0.05, 0.1) is 0 Å². The van der Waals surface area contributed by atoms with E-state index < -0.39 is 0 Å². The summed E-state index contributed by atoms with van der Waals surface area (Å²) < 4.78 is 0. The van der Waals surface area contributed by atoms with Crippen LogP contribution in [-0.2, 0) is 6.54 Å². The Hall–Kier alpha value is -1.06. The minimum atomic E-state index is 0.915. The summed E-state index contributed by atoms with van der Waals surface area (Å²) in [5.41, 5.74) is 9.54. The molecule has 0 aliphatic rings. The molecule has 20 heavy (non-hydrogen) atoms. The highest BCUT2D eigenvalue weighted by molar-refractivity contribution is 5.48. The van der Waals surface area contributed by atoms with Gasteiger partial charge in [-0.2, -0.15) is 0 Å². The zero-order valence-corrected chi connectivity index (χ0v) is 13.7. The normalized spacial score (nSPS) is 11.5. The van der Waals surface area contributed by atoms with Crippen LogP contribution in [0.15, 0.2) is 18.2 Å². The van der Waals surface area contributed by atoms with E-state index in [1.807, 2.05) is 6.07 Å². The lowest BCUT2D eigenvalue weighted by atomic mass is 10.1. The molecule has 0 aliphatic heterocycles. The van der Waals surface area contributed by atoms with Crippen LogP contribution >= 0.6 is 0 Å². The van der Waals surface area contributed by atoms with Gasteiger partial charge in [0, 0.05) is 12.2 Å². The minimum Gasteiger partial charge on any atom is -0.398 e. The Morgan fingerprint density at radius 3 is 2.15 bits per heavy atom. The van der Waals surface area contributed by atoms with Crippen molar-refractivity contribution >= 4 is 5.69 Å². The van der Waals surface area contributed by atoms with Crippen LogP contribution in [0.4, 0.5) is 5.69 Å². The van der Waals surface area contributed by atoms with E-state index >= 15 is 0 Å². The van der Waals surface area contributed by atoms with Crippen molar-refractivity contribution in [3.05, 3.63) is 29.3 Å². The monoisotopic (exact) mass is 277 g/mol. The highest BCUT2D eigenvalue weighted by atomic mass is 15.1. The van der Waals surface area contributed by atoms with Crippen molar-refractivity contribution < 1.29 is 0 Å². The van der Waals surface area contributed by atoms with Crippen LogP contribution in [0.5, 0.6) is 0 Å². The minimum absolute atomic E-state index is 0.915. The number of hydrogen-bond donors (Lipinski definition) is 1. The number of nitrogens with two attached hydrogens (primary N) is 1. The van der Waals surface area contributed by atoms with Gasteiger partial charge < -0.3 is 10.6 Å². The van der Waals surface area contributed by atoms with Gasteiger partial charge in [0.15, 0.2) is 0 Å². The molecule has 0 radical (unpaired) electrons. The average Bonchev–Trinajstić information content (AvgIpc) is 2.46. The van der Waals surface area contributed by atoms with Crippen molar-refractivity contribution in [2.45, 2.75) is 40.7 Å². The fraction of sp³-hybridized carbons (Fsp3) is 0.647. The van der Waals surface area contributed by atoms with Gasteiger partial charge in [-0.1, -0.05) is 38.5 Å². The first kappa shape index (κ1) is 17.0. The second-order valence-corrected chi connectivity index (χ2v) is 5.45. The molecule has 0 saturated carbocycles. The first-order chi connectivity index (χ1) is 9.60. The molecule has 114 valence electrons. The van der Waals surface area contributed by atoms with Gasteiger partial charge in [0.25, 0.3) is 0 Å². The molecule has 0 atom stereocenters. The summed E-state index contributed by atoms with van der Waals surface area (Å²) in [7, 11) is 0. The van der Waals surface area contributed by atoms with E-state index in [-0.39, 0.29) is 0 Å². The van der Waals surface area contributed by atoms with Crippen molar-refractivity contribution in [1.29, 1.82) is 0 Å². The number of aryl methyl sites for hydroxylation is 1. The molecule has 0 amide bonds. The Balaban J connectivity index is 2.48. The Labute approximate surface area is 124 Å². The van der Waals surface area contributed by atoms with E-state index in [4.69, 9.17) is 5.73 Å². The van der Waals surface area contributed by atoms with Gasteiger partial charge in [0.1, 0.15) is 0 Å². The maximum absolute atomic E-state index is 6.08. The molecule has 0 heterocycles. The summed E-state index contributed by atoms with van der Waals surface area (Å²) in [6.07, 6.45) is 1.22. The van der Waals surface area contributed by atoms with Crippen LogP contribution in [0, 0.1) is 6.92 Å². The topological polar surface area (TPSA) is 32.5 Å². The fourth-order valence-corrected chi connectivity index (χ4v) is 2.52. The summed E-state index contributed by atoms with van der Waals surface area (Å²) in [5.74, 6) is 0. The predicted molar refractivity (Wildman–Crippen MR) is 88.9 cm³/mol. The molecule has 0 fully saturated rings. The van der Waals surface area contributed by atoms with Gasteiger partial charge >= 0.3 is 0 Å². The molecule has 0 bridgehead atoms. The summed E-state index contributed by atoms with van der Waals surface area (Å²) in [4.78, 5) is 4.96. The maximum atomic E-state index is 6.08. The molecule has 1 aromatic carbocycles. The van der Waals surface area contributed by atoms with Crippen molar-refractivity contribution in [1.82, 2.24) is 9.80 Å². The molecular weight excluding hydrogens is 246 g/mol. The number of anilines is 1. The van der Waals surface area contributed by atoms with Crippen LogP contribution in [0.2, 0.25) is 0 Å². The number of benzene rings is 1. The van der Waals surface area contributed by atoms with Crippen LogP contribution in [0.25, 0.3) is 0 Å². The van der Waals surface area contributed by atoms with Gasteiger partial charge in [-0.3, -0.25) is 4.90 Å². The van der Waals surface area contributed by atoms with Gasteiger partial charge in [-0.05, 0) is 57.7 Å². The zero-order chi connectivity index (χ0) is 15.0. The molecule has 0 aliphatic carbocycles. The highest BCUT2D eigenvalue weighted by Gasteiger charge is 2.07. The van der Waals surface area contributed by atoms with E-state index in [2.05, 4.69) is 49.6 Å². The predicted octanol–water partition coefficient (Wildman–Crippen LogP) is 3.13. The summed E-state index contributed by atoms with van der Waals surface area (Å²) in [6.45, 7) is 15.5. The molecule has 0 spiro atoms. The van der Waals surface area contributed by atoms with E-state index in [0.717, 1.165) is 38.4 Å². The van der Waals surface area contributed by atoms with E-state index in [9.17, 15) is 0 Å². The molecule has 0 aromatic heterocycles. The third-order valence-corrected chi connectivity index (χ3v) is 3.98. The van der Waals surface area contributed by atoms with Crippen molar-refractivity contribution in [3.8, 4) is 0 Å². The Bertz CT molecular complexity index is 386. The SMILES string of the molecule is CCN(CC)CCCN(CC)Cc1cc(C)ccc1N. The highest BCUT2D eigenvalue weighted by Crippen LogP contribution is 2.16. The molecular formula is C17H31N3. The van der Waals surface area contributed by atoms with E-state index in [1.54, 1.807) is 0 Å². The third kappa shape index (κ3) is 5.51. The lowest BCUT2D eigenvalue weighted by Gasteiger charge is -2.24. The van der Waals surface area contributed by atoms with Gasteiger partial charge in [0.2, 0.25) is 0 Å². The standard InChI is InChI=1S/C17H31N3/c1-5-19(6-2)11-8-12-20(7-3)14-16-13-15(4)9-10-17(16)18/h9-10,13H,5-8,11-12,14,18H2,1-4H3. The lowest BCUT2D eigenvalue weighted by Crippen LogP contribution is -2.30. The fourth-order valence-electron chi connectivity index (χ4n) is 2.52. The lowest BCUT2D eigenvalue weighted by molar-refractivity contribution is 0.238. The molecule has 0 saturated heterocycles. The van der Waals surface area contributed by atoms with E-state index in [0.29, 0.717) is 0 Å². The smallest absolute Gasteiger partial charge is 0.0359 e. The summed E-state index contributed by atoms with van der Waals surface area (Å²) >= 11 is 0. The number of hydrogen-bond acceptors (Lipinski definition) is 3. The molecule has 3 heteroatoms. The Kier molecular flexibility index (Phi) is 7.63. The largest absolute Gasteiger partial charge is 0.398 e. The molecule has 0 unspecified atom stereocenters.